The standard InChI is InChI=1S/CH2O3.Ca.Li.Na.4H/c2-1(3)4;;;;;;;/h(H2,2,3,4);;;;;;;. The molecular formula is CH6CaLiNaO3. The van der Waals surface area contributed by atoms with E-state index in [4.69, 9.17) is 15.0 Å². The van der Waals surface area contributed by atoms with Gasteiger partial charge in [0, 0.05) is 0 Å². The summed E-state index contributed by atoms with van der Waals surface area (Å²) >= 11 is 0. The second kappa shape index (κ2) is 15.7. The van der Waals surface area contributed by atoms with Crippen LogP contribution in [0, 0.1) is 0 Å². The quantitative estimate of drug-likeness (QED) is 0.379. The Labute approximate surface area is 105 Å². The zero-order valence-electron chi connectivity index (χ0n) is 1.80. The molecule has 0 aromatic rings. The first kappa shape index (κ1) is 22.9. The monoisotopic (exact) mass is 136 g/mol. The molecule has 0 amide bonds. The van der Waals surface area contributed by atoms with E-state index in [9.17, 15) is 0 Å². The van der Waals surface area contributed by atoms with Gasteiger partial charge < -0.3 is 10.2 Å². The van der Waals surface area contributed by atoms with Gasteiger partial charge in [0.2, 0.25) is 0 Å². The van der Waals surface area contributed by atoms with Crippen LogP contribution >= 0.6 is 0 Å². The van der Waals surface area contributed by atoms with Crippen LogP contribution in [-0.2, 0) is 0 Å². The molecule has 0 aromatic heterocycles. The summed E-state index contributed by atoms with van der Waals surface area (Å²) in [7, 11) is 0. The van der Waals surface area contributed by atoms with Crippen LogP contribution in [0.15, 0.2) is 0 Å². The SMILES string of the molecule is O=C(O)O.[CaH2].[LiH].[NaH]. The number of hydrogen-bond acceptors (Lipinski definition) is 1. The fourth-order valence-electron chi connectivity index (χ4n) is 0. The average Bonchev–Trinajstić information content (AvgIpc) is 0.811. The molecule has 0 aliphatic rings. The van der Waals surface area contributed by atoms with Crippen LogP contribution in [0.5, 0.6) is 0 Å². The van der Waals surface area contributed by atoms with Gasteiger partial charge in [-0.3, -0.25) is 0 Å². The zero-order chi connectivity index (χ0) is 3.58. The van der Waals surface area contributed by atoms with Gasteiger partial charge in [-0.05, 0) is 0 Å². The Balaban J connectivity index is -0.0000000150. The van der Waals surface area contributed by atoms with E-state index in [1.54, 1.807) is 0 Å². The van der Waals surface area contributed by atoms with E-state index in [0.717, 1.165) is 0 Å². The maximum atomic E-state index is 8.56. The molecule has 6 heteroatoms. The molecule has 0 unspecified atom stereocenters. The van der Waals surface area contributed by atoms with Crippen LogP contribution in [-0.4, -0.2) is 103 Å². The zero-order valence-corrected chi connectivity index (χ0v) is 1.80. The van der Waals surface area contributed by atoms with Crippen LogP contribution < -0.4 is 0 Å². The van der Waals surface area contributed by atoms with Crippen LogP contribution in [0.4, 0.5) is 4.79 Å². The molecule has 32 valence electrons. The van der Waals surface area contributed by atoms with Crippen molar-refractivity contribution in [3.63, 3.8) is 0 Å². The van der Waals surface area contributed by atoms with E-state index in [-0.39, 0.29) is 86.2 Å². The minimum atomic E-state index is -1.83. The van der Waals surface area contributed by atoms with Crippen molar-refractivity contribution in [2.24, 2.45) is 0 Å². The van der Waals surface area contributed by atoms with Crippen LogP contribution in [0.25, 0.3) is 0 Å². The van der Waals surface area contributed by atoms with E-state index >= 15 is 0 Å². The van der Waals surface area contributed by atoms with E-state index in [1.165, 1.54) is 0 Å². The van der Waals surface area contributed by atoms with Crippen molar-refractivity contribution in [2.75, 3.05) is 0 Å². The van der Waals surface area contributed by atoms with Gasteiger partial charge in [0.1, 0.15) is 0 Å². The molecular weight excluding hydrogens is 130 g/mol. The summed E-state index contributed by atoms with van der Waals surface area (Å²) in [4.78, 5) is 8.56. The van der Waals surface area contributed by atoms with Crippen molar-refractivity contribution >= 4 is 92.3 Å². The Morgan fingerprint density at radius 2 is 1.29 bits per heavy atom. The topological polar surface area (TPSA) is 57.5 Å². The third kappa shape index (κ3) is 67.4. The summed E-state index contributed by atoms with van der Waals surface area (Å²) in [5.74, 6) is 0. The van der Waals surface area contributed by atoms with Crippen molar-refractivity contribution in [1.29, 1.82) is 0 Å². The second-order valence-corrected chi connectivity index (χ2v) is 0.283. The summed E-state index contributed by atoms with van der Waals surface area (Å²) in [5, 5.41) is 13.9. The Hall–Kier alpha value is 2.13. The molecule has 0 rings (SSSR count). The van der Waals surface area contributed by atoms with E-state index in [1.807, 2.05) is 0 Å². The number of carboxylic acid groups (broad SMARTS) is 2. The van der Waals surface area contributed by atoms with Gasteiger partial charge in [0.15, 0.2) is 0 Å². The van der Waals surface area contributed by atoms with E-state index in [2.05, 4.69) is 0 Å². The molecule has 0 saturated heterocycles. The molecule has 0 heterocycles. The summed E-state index contributed by atoms with van der Waals surface area (Å²) in [6, 6.07) is 0. The van der Waals surface area contributed by atoms with Crippen LogP contribution in [0.1, 0.15) is 0 Å². The Morgan fingerprint density at radius 3 is 1.29 bits per heavy atom. The first-order chi connectivity index (χ1) is 1.73. The number of carbonyl (C=O) groups is 1. The summed E-state index contributed by atoms with van der Waals surface area (Å²) in [5.41, 5.74) is 0. The molecule has 0 atom stereocenters. The van der Waals surface area contributed by atoms with Gasteiger partial charge in [0.25, 0.3) is 0 Å². The van der Waals surface area contributed by atoms with Crippen molar-refractivity contribution in [3.8, 4) is 0 Å². The normalized spacial score (nSPS) is 3.43. The molecule has 0 radical (unpaired) electrons. The Morgan fingerprint density at radius 1 is 1.29 bits per heavy atom. The fraction of sp³-hybridized carbons (Fsp3) is 0. The van der Waals surface area contributed by atoms with Crippen molar-refractivity contribution in [3.05, 3.63) is 0 Å². The van der Waals surface area contributed by atoms with Crippen molar-refractivity contribution in [1.82, 2.24) is 0 Å². The van der Waals surface area contributed by atoms with E-state index < -0.39 is 6.16 Å². The van der Waals surface area contributed by atoms with Gasteiger partial charge >= 0.3 is 92.3 Å². The number of rotatable bonds is 0. The maximum absolute atomic E-state index is 8.56. The molecule has 0 spiro atoms. The first-order valence-electron chi connectivity index (χ1n) is 0.651. The van der Waals surface area contributed by atoms with E-state index in [0.29, 0.717) is 0 Å². The summed E-state index contributed by atoms with van der Waals surface area (Å²) in [6.07, 6.45) is -1.83. The van der Waals surface area contributed by atoms with Gasteiger partial charge in [-0.1, -0.05) is 0 Å². The van der Waals surface area contributed by atoms with Crippen molar-refractivity contribution < 1.29 is 15.0 Å². The summed E-state index contributed by atoms with van der Waals surface area (Å²) in [6.45, 7) is 0. The molecule has 0 fully saturated rings. The molecule has 0 bridgehead atoms. The second-order valence-electron chi connectivity index (χ2n) is 0.283. The van der Waals surface area contributed by atoms with Gasteiger partial charge in [0.05, 0.1) is 0 Å². The minimum absolute atomic E-state index is 0. The Bertz CT molecular complexity index is 37.9. The third-order valence-electron chi connectivity index (χ3n) is 0. The molecule has 0 aliphatic heterocycles. The van der Waals surface area contributed by atoms with Gasteiger partial charge in [-0.15, -0.1) is 0 Å². The predicted molar refractivity (Wildman–Crippen MR) is 33.5 cm³/mol. The molecule has 3 nitrogen and oxygen atoms in total. The fourth-order valence-corrected chi connectivity index (χ4v) is 0. The summed E-state index contributed by atoms with van der Waals surface area (Å²) < 4.78 is 0. The van der Waals surface area contributed by atoms with Crippen molar-refractivity contribution in [2.45, 2.75) is 0 Å². The molecule has 0 aliphatic carbocycles. The molecule has 7 heavy (non-hydrogen) atoms. The van der Waals surface area contributed by atoms with Crippen LogP contribution in [0.2, 0.25) is 0 Å². The Kier molecular flexibility index (Phi) is 51.4. The first-order valence-corrected chi connectivity index (χ1v) is 0.651. The number of hydrogen-bond donors (Lipinski definition) is 2. The van der Waals surface area contributed by atoms with Gasteiger partial charge in [-0.25, -0.2) is 4.79 Å². The van der Waals surface area contributed by atoms with Crippen LogP contribution in [0.3, 0.4) is 0 Å². The molecule has 0 saturated carbocycles. The average molecular weight is 136 g/mol. The molecule has 2 N–H and O–H groups in total. The third-order valence-corrected chi connectivity index (χ3v) is 0. The predicted octanol–water partition coefficient (Wildman–Crippen LogP) is -1.99. The van der Waals surface area contributed by atoms with Gasteiger partial charge in [-0.2, -0.15) is 0 Å². The molecule has 0 aromatic carbocycles.